The molecule has 1 aromatic rings. The second-order valence-electron chi connectivity index (χ2n) is 5.59. The molecule has 19 heavy (non-hydrogen) atoms. The fourth-order valence-corrected chi connectivity index (χ4v) is 3.09. The van der Waals surface area contributed by atoms with Crippen LogP contribution in [0.1, 0.15) is 37.7 Å². The lowest BCUT2D eigenvalue weighted by Crippen LogP contribution is -2.47. The number of rotatable bonds is 2. The highest BCUT2D eigenvalue weighted by Gasteiger charge is 2.53. The van der Waals surface area contributed by atoms with Crippen LogP contribution in [0.4, 0.5) is 0 Å². The zero-order valence-electron chi connectivity index (χ0n) is 11.0. The highest BCUT2D eigenvalue weighted by molar-refractivity contribution is 5.91. The molecule has 1 aliphatic heterocycles. The van der Waals surface area contributed by atoms with Crippen molar-refractivity contribution >= 4 is 5.91 Å². The van der Waals surface area contributed by atoms with Gasteiger partial charge in [0, 0.05) is 6.54 Å². The van der Waals surface area contributed by atoms with Crippen molar-refractivity contribution in [2.75, 3.05) is 6.54 Å². The summed E-state index contributed by atoms with van der Waals surface area (Å²) in [6.45, 7) is 0.742. The van der Waals surface area contributed by atoms with Crippen molar-refractivity contribution < 1.29 is 4.79 Å². The van der Waals surface area contributed by atoms with Gasteiger partial charge in [0.05, 0.1) is 11.5 Å². The van der Waals surface area contributed by atoms with Crippen LogP contribution in [0.5, 0.6) is 0 Å². The van der Waals surface area contributed by atoms with Gasteiger partial charge < -0.3 is 4.90 Å². The molecule has 3 heteroatoms. The maximum absolute atomic E-state index is 12.8. The average molecular weight is 254 g/mol. The third kappa shape index (κ3) is 2.02. The standard InChI is InChI=1S/C16H18N2O/c17-12-14-8-4-5-11-18(14)15(19)16(9-10-16)13-6-2-1-3-7-13/h1-3,6-7,14H,4-5,8-11H2. The normalized spacial score (nSPS) is 24.6. The summed E-state index contributed by atoms with van der Waals surface area (Å²) in [4.78, 5) is 14.6. The molecule has 2 aliphatic rings. The molecule has 3 rings (SSSR count). The van der Waals surface area contributed by atoms with E-state index >= 15 is 0 Å². The molecule has 0 aromatic heterocycles. The molecular weight excluding hydrogens is 236 g/mol. The lowest BCUT2D eigenvalue weighted by Gasteiger charge is -2.34. The smallest absolute Gasteiger partial charge is 0.234 e. The Morgan fingerprint density at radius 2 is 2.00 bits per heavy atom. The van der Waals surface area contributed by atoms with E-state index in [1.165, 1.54) is 0 Å². The number of carbonyl (C=O) groups excluding carboxylic acids is 1. The van der Waals surface area contributed by atoms with Gasteiger partial charge in [-0.25, -0.2) is 0 Å². The van der Waals surface area contributed by atoms with Crippen LogP contribution in [-0.4, -0.2) is 23.4 Å². The van der Waals surface area contributed by atoms with Crippen LogP contribution in [0, 0.1) is 11.3 Å². The summed E-state index contributed by atoms with van der Waals surface area (Å²) in [6, 6.07) is 12.1. The van der Waals surface area contributed by atoms with Crippen molar-refractivity contribution in [2.24, 2.45) is 0 Å². The summed E-state index contributed by atoms with van der Waals surface area (Å²) >= 11 is 0. The number of nitrogens with zero attached hydrogens (tertiary/aromatic N) is 2. The average Bonchev–Trinajstić information content (AvgIpc) is 3.29. The molecule has 0 spiro atoms. The van der Waals surface area contributed by atoms with Gasteiger partial charge in [0.2, 0.25) is 5.91 Å². The maximum atomic E-state index is 12.8. The van der Waals surface area contributed by atoms with Gasteiger partial charge in [0.1, 0.15) is 6.04 Å². The Bertz CT molecular complexity index is 513. The predicted molar refractivity (Wildman–Crippen MR) is 72.3 cm³/mol. The van der Waals surface area contributed by atoms with E-state index in [9.17, 15) is 10.1 Å². The van der Waals surface area contributed by atoms with Crippen LogP contribution in [0.3, 0.4) is 0 Å². The molecule has 1 unspecified atom stereocenters. The molecule has 0 bridgehead atoms. The van der Waals surface area contributed by atoms with E-state index < -0.39 is 0 Å². The molecule has 1 saturated heterocycles. The second-order valence-corrected chi connectivity index (χ2v) is 5.59. The molecule has 1 heterocycles. The summed E-state index contributed by atoms with van der Waals surface area (Å²) in [7, 11) is 0. The van der Waals surface area contributed by atoms with Gasteiger partial charge in [-0.3, -0.25) is 4.79 Å². The third-order valence-corrected chi connectivity index (χ3v) is 4.40. The van der Waals surface area contributed by atoms with E-state index in [4.69, 9.17) is 0 Å². The number of carbonyl (C=O) groups is 1. The Morgan fingerprint density at radius 1 is 1.26 bits per heavy atom. The van der Waals surface area contributed by atoms with Crippen LogP contribution in [-0.2, 0) is 10.2 Å². The molecule has 3 nitrogen and oxygen atoms in total. The zero-order valence-corrected chi connectivity index (χ0v) is 11.0. The molecule has 98 valence electrons. The molecule has 1 amide bonds. The molecule has 1 saturated carbocycles. The first-order valence-electron chi connectivity index (χ1n) is 7.04. The SMILES string of the molecule is N#CC1CCCCN1C(=O)C1(c2ccccc2)CC1. The molecular formula is C16H18N2O. The van der Waals surface area contributed by atoms with Crippen LogP contribution in [0.2, 0.25) is 0 Å². The van der Waals surface area contributed by atoms with Crippen molar-refractivity contribution in [3.8, 4) is 6.07 Å². The lowest BCUT2D eigenvalue weighted by atomic mass is 9.92. The van der Waals surface area contributed by atoms with E-state index in [1.807, 2.05) is 35.2 Å². The first-order valence-corrected chi connectivity index (χ1v) is 7.04. The largest absolute Gasteiger partial charge is 0.326 e. The van der Waals surface area contributed by atoms with Crippen LogP contribution < -0.4 is 0 Å². The molecule has 2 fully saturated rings. The summed E-state index contributed by atoms with van der Waals surface area (Å²) in [5, 5.41) is 9.22. The van der Waals surface area contributed by atoms with Gasteiger partial charge in [0.25, 0.3) is 0 Å². The molecule has 0 N–H and O–H groups in total. The van der Waals surface area contributed by atoms with Crippen molar-refractivity contribution in [1.29, 1.82) is 5.26 Å². The fourth-order valence-electron chi connectivity index (χ4n) is 3.09. The number of nitriles is 1. The highest BCUT2D eigenvalue weighted by atomic mass is 16.2. The first-order chi connectivity index (χ1) is 9.28. The van der Waals surface area contributed by atoms with Gasteiger partial charge in [-0.1, -0.05) is 30.3 Å². The monoisotopic (exact) mass is 254 g/mol. The lowest BCUT2D eigenvalue weighted by molar-refractivity contribution is -0.136. The Morgan fingerprint density at radius 3 is 2.63 bits per heavy atom. The number of benzene rings is 1. The quantitative estimate of drug-likeness (QED) is 0.814. The van der Waals surface area contributed by atoms with Crippen LogP contribution >= 0.6 is 0 Å². The van der Waals surface area contributed by atoms with Crippen molar-refractivity contribution in [3.63, 3.8) is 0 Å². The van der Waals surface area contributed by atoms with Crippen molar-refractivity contribution in [3.05, 3.63) is 35.9 Å². The maximum Gasteiger partial charge on any atom is 0.234 e. The molecule has 1 aromatic carbocycles. The highest BCUT2D eigenvalue weighted by Crippen LogP contribution is 2.50. The van der Waals surface area contributed by atoms with E-state index in [2.05, 4.69) is 6.07 Å². The minimum Gasteiger partial charge on any atom is -0.326 e. The van der Waals surface area contributed by atoms with Gasteiger partial charge in [-0.05, 0) is 37.7 Å². The van der Waals surface area contributed by atoms with Gasteiger partial charge in [-0.15, -0.1) is 0 Å². The number of amides is 1. The van der Waals surface area contributed by atoms with Crippen molar-refractivity contribution in [1.82, 2.24) is 4.90 Å². The van der Waals surface area contributed by atoms with Gasteiger partial charge in [0.15, 0.2) is 0 Å². The minimum absolute atomic E-state index is 0.171. The van der Waals surface area contributed by atoms with Crippen LogP contribution in [0.25, 0.3) is 0 Å². The summed E-state index contributed by atoms with van der Waals surface area (Å²) in [5.41, 5.74) is 0.788. The fraction of sp³-hybridized carbons (Fsp3) is 0.500. The first kappa shape index (κ1) is 12.2. The van der Waals surface area contributed by atoms with Crippen LogP contribution in [0.15, 0.2) is 30.3 Å². The number of likely N-dealkylation sites (tertiary alicyclic amines) is 1. The van der Waals surface area contributed by atoms with E-state index in [-0.39, 0.29) is 17.4 Å². The summed E-state index contributed by atoms with van der Waals surface area (Å²) in [5.74, 6) is 0.171. The second kappa shape index (κ2) is 4.70. The Kier molecular flexibility index (Phi) is 3.02. The van der Waals surface area contributed by atoms with E-state index in [0.717, 1.165) is 44.2 Å². The van der Waals surface area contributed by atoms with Gasteiger partial charge in [-0.2, -0.15) is 5.26 Å². The topological polar surface area (TPSA) is 44.1 Å². The molecule has 0 radical (unpaired) electrons. The predicted octanol–water partition coefficient (Wildman–Crippen LogP) is 2.62. The van der Waals surface area contributed by atoms with E-state index in [1.54, 1.807) is 0 Å². The number of piperidine rings is 1. The number of hydrogen-bond donors (Lipinski definition) is 0. The van der Waals surface area contributed by atoms with E-state index in [0.29, 0.717) is 0 Å². The summed E-state index contributed by atoms with van der Waals surface area (Å²) < 4.78 is 0. The molecule has 1 aliphatic carbocycles. The zero-order chi connectivity index (χ0) is 13.3. The Hall–Kier alpha value is -1.82. The van der Waals surface area contributed by atoms with Gasteiger partial charge >= 0.3 is 0 Å². The van der Waals surface area contributed by atoms with Crippen molar-refractivity contribution in [2.45, 2.75) is 43.6 Å². The Labute approximate surface area is 113 Å². The number of hydrogen-bond acceptors (Lipinski definition) is 2. The third-order valence-electron chi connectivity index (χ3n) is 4.40. The molecule has 1 atom stereocenters. The minimum atomic E-state index is -0.326. The Balaban J connectivity index is 1.86. The summed E-state index contributed by atoms with van der Waals surface area (Å²) in [6.07, 6.45) is 4.75.